The molecule has 5 aliphatic rings. The van der Waals surface area contributed by atoms with Gasteiger partial charge in [0.2, 0.25) is 0 Å². The number of allylic oxidation sites excluding steroid dienone is 2. The Morgan fingerprint density at radius 2 is 0.667 bits per heavy atom. The van der Waals surface area contributed by atoms with Crippen LogP contribution in [-0.2, 0) is 12.8 Å². The van der Waals surface area contributed by atoms with Crippen LogP contribution in [0.5, 0.6) is 0 Å². The molecule has 318 valence electrons. The normalized spacial score (nSPS) is 26.9. The minimum absolute atomic E-state index is 0.0124. The van der Waals surface area contributed by atoms with Crippen molar-refractivity contribution in [2.24, 2.45) is 35.5 Å². The topological polar surface area (TPSA) is 68.3 Å². The molecule has 0 amide bonds. The Balaban J connectivity index is 1.30. The predicted octanol–water partition coefficient (Wildman–Crippen LogP) is 14.5. The lowest BCUT2D eigenvalue weighted by atomic mass is 9.52. The fraction of sp³-hybridized carbons (Fsp3) is 0.607. The Kier molecular flexibility index (Phi) is 12.2. The molecule has 0 bridgehead atoms. The minimum Gasteiger partial charge on any atom is -0.294 e. The molecular formula is C56H70O4. The molecule has 0 N–H and O–H groups in total. The van der Waals surface area contributed by atoms with Crippen LogP contribution in [0.25, 0.3) is 10.8 Å². The Morgan fingerprint density at radius 3 is 0.983 bits per heavy atom. The van der Waals surface area contributed by atoms with Gasteiger partial charge in [-0.25, -0.2) is 0 Å². The number of unbranched alkanes of at least 4 members (excludes halogenated alkanes) is 12. The summed E-state index contributed by atoms with van der Waals surface area (Å²) >= 11 is 0. The van der Waals surface area contributed by atoms with Crippen molar-refractivity contribution in [3.63, 3.8) is 0 Å². The molecular weight excluding hydrogens is 737 g/mol. The molecule has 0 fully saturated rings. The summed E-state index contributed by atoms with van der Waals surface area (Å²) in [5, 5.41) is 2.50. The molecule has 4 nitrogen and oxygen atoms in total. The van der Waals surface area contributed by atoms with Crippen molar-refractivity contribution in [3.8, 4) is 0 Å². The lowest BCUT2D eigenvalue weighted by Gasteiger charge is -2.49. The lowest BCUT2D eigenvalue weighted by Crippen LogP contribution is -2.50. The monoisotopic (exact) mass is 807 g/mol. The van der Waals surface area contributed by atoms with Crippen molar-refractivity contribution in [1.29, 1.82) is 0 Å². The lowest BCUT2D eigenvalue weighted by molar-refractivity contribution is 0.0566. The maximum atomic E-state index is 15.5. The summed E-state index contributed by atoms with van der Waals surface area (Å²) < 4.78 is 0. The van der Waals surface area contributed by atoms with Gasteiger partial charge < -0.3 is 0 Å². The van der Waals surface area contributed by atoms with Crippen LogP contribution >= 0.6 is 0 Å². The van der Waals surface area contributed by atoms with E-state index in [2.05, 4.69) is 52.0 Å². The molecule has 0 heterocycles. The van der Waals surface area contributed by atoms with E-state index in [1.165, 1.54) is 57.0 Å². The Bertz CT molecular complexity index is 2070. The molecule has 60 heavy (non-hydrogen) atoms. The summed E-state index contributed by atoms with van der Waals surface area (Å²) in [7, 11) is 0. The van der Waals surface area contributed by atoms with Gasteiger partial charge in [0.25, 0.3) is 0 Å². The summed E-state index contributed by atoms with van der Waals surface area (Å²) in [6, 6.07) is 13.4. The fourth-order valence-corrected chi connectivity index (χ4v) is 13.7. The van der Waals surface area contributed by atoms with E-state index in [0.29, 0.717) is 22.3 Å². The smallest absolute Gasteiger partial charge is 0.168 e. The van der Waals surface area contributed by atoms with E-state index in [-0.39, 0.29) is 46.8 Å². The van der Waals surface area contributed by atoms with Gasteiger partial charge in [0.1, 0.15) is 0 Å². The molecule has 4 heteroatoms. The summed E-state index contributed by atoms with van der Waals surface area (Å²) in [6.07, 6.45) is 23.2. The molecule has 0 aliphatic heterocycles. The van der Waals surface area contributed by atoms with Gasteiger partial charge in [-0.05, 0) is 107 Å². The second-order valence-corrected chi connectivity index (χ2v) is 20.2. The highest BCUT2D eigenvalue weighted by Gasteiger charge is 2.57. The molecule has 5 aliphatic carbocycles. The maximum absolute atomic E-state index is 15.5. The van der Waals surface area contributed by atoms with E-state index in [1.54, 1.807) is 12.1 Å². The highest BCUT2D eigenvalue weighted by atomic mass is 16.2. The Labute approximate surface area is 360 Å². The Hall–Kier alpha value is -3.66. The number of benzene rings is 3. The van der Waals surface area contributed by atoms with Crippen LogP contribution in [0.2, 0.25) is 0 Å². The van der Waals surface area contributed by atoms with Crippen molar-refractivity contribution in [3.05, 3.63) is 92.1 Å². The molecule has 0 saturated heterocycles. The standard InChI is InChI=1S/C56H70O4/c1-5-9-13-17-21-37-41-27-33-25-35-29-43-39(23-19-15-11-7-3)51-52-40(24-20-16-12-8-4)44(43)30-36(35)26-34(33)28-42(41)38(22-18-14-10-6-2)50-49(37)53(57)45-31-47(55(51)59)48(56(52)60)32-46(45)54(50)58/h25-28,31-32,37-40,49-52H,5-24,29-30H2,1-4H3/t37-,38+,39+,40-,49?,50?,51?,52?. The van der Waals surface area contributed by atoms with Gasteiger partial charge in [-0.2, -0.15) is 0 Å². The van der Waals surface area contributed by atoms with Gasteiger partial charge in [-0.15, -0.1) is 0 Å². The van der Waals surface area contributed by atoms with Crippen molar-refractivity contribution >= 4 is 33.9 Å². The number of carbonyl (C=O) groups is 4. The third-order valence-electron chi connectivity index (χ3n) is 16.6. The highest BCUT2D eigenvalue weighted by molar-refractivity contribution is 6.23. The number of hydrogen-bond donors (Lipinski definition) is 0. The predicted molar refractivity (Wildman–Crippen MR) is 244 cm³/mol. The zero-order chi connectivity index (χ0) is 41.7. The molecule has 0 spiro atoms. The van der Waals surface area contributed by atoms with Crippen LogP contribution in [0.4, 0.5) is 0 Å². The first kappa shape index (κ1) is 41.7. The van der Waals surface area contributed by atoms with Gasteiger partial charge >= 0.3 is 0 Å². The van der Waals surface area contributed by atoms with Crippen LogP contribution in [0.1, 0.15) is 232 Å². The van der Waals surface area contributed by atoms with E-state index in [0.717, 1.165) is 128 Å². The first-order chi connectivity index (χ1) is 29.3. The molecule has 4 unspecified atom stereocenters. The fourth-order valence-electron chi connectivity index (χ4n) is 13.7. The van der Waals surface area contributed by atoms with E-state index in [4.69, 9.17) is 0 Å². The zero-order valence-electron chi connectivity index (χ0n) is 37.3. The SMILES string of the molecule is CCCCCC[C@@H]1C2=C3Cc4cc5cc6c(cc5cc4C2)[C@H](CCCCCC)C2C(=O)c4cc5c(cc4C(=O)C2[C@@H]6CCCCCC)C(=O)C(C1C5=O)[C@H]3CCCCCC. The van der Waals surface area contributed by atoms with Gasteiger partial charge in [-0.1, -0.05) is 166 Å². The van der Waals surface area contributed by atoms with Gasteiger partial charge in [0.05, 0.1) is 0 Å². The molecule has 0 aromatic heterocycles. The minimum atomic E-state index is -0.455. The molecule has 0 radical (unpaired) electrons. The van der Waals surface area contributed by atoms with Crippen LogP contribution in [0.15, 0.2) is 47.5 Å². The zero-order valence-corrected chi connectivity index (χ0v) is 37.3. The van der Waals surface area contributed by atoms with E-state index in [1.807, 2.05) is 0 Å². The van der Waals surface area contributed by atoms with E-state index >= 15 is 19.2 Å². The number of Topliss-reactive ketones (excluding diaryl/α,β-unsaturated/α-hetero) is 4. The molecule has 3 aromatic carbocycles. The summed E-state index contributed by atoms with van der Waals surface area (Å²) in [4.78, 5) is 62.0. The van der Waals surface area contributed by atoms with Crippen LogP contribution in [0, 0.1) is 35.5 Å². The number of fused-ring (bicyclic) bond motifs is 7. The average molecular weight is 807 g/mol. The van der Waals surface area contributed by atoms with Crippen molar-refractivity contribution in [1.82, 2.24) is 0 Å². The summed E-state index contributed by atoms with van der Waals surface area (Å²) in [6.45, 7) is 8.96. The third-order valence-corrected chi connectivity index (χ3v) is 16.6. The third kappa shape index (κ3) is 7.03. The van der Waals surface area contributed by atoms with Crippen LogP contribution in [0.3, 0.4) is 0 Å². The van der Waals surface area contributed by atoms with E-state index < -0.39 is 23.7 Å². The molecule has 0 saturated carbocycles. The maximum Gasteiger partial charge on any atom is 0.168 e. The molecule has 3 aromatic rings. The Morgan fingerprint density at radius 1 is 0.367 bits per heavy atom. The first-order valence-corrected chi connectivity index (χ1v) is 25.0. The summed E-state index contributed by atoms with van der Waals surface area (Å²) in [5.41, 5.74) is 9.90. The second-order valence-electron chi connectivity index (χ2n) is 20.2. The van der Waals surface area contributed by atoms with Crippen molar-refractivity contribution in [2.45, 2.75) is 181 Å². The second kappa shape index (κ2) is 17.6. The molecule has 8 atom stereocenters. The molecule has 8 rings (SSSR count). The quantitative estimate of drug-likeness (QED) is 0.0842. The van der Waals surface area contributed by atoms with Gasteiger partial charge in [0.15, 0.2) is 23.1 Å². The average Bonchev–Trinajstić information content (AvgIpc) is 3.25. The summed E-state index contributed by atoms with van der Waals surface area (Å²) in [5.74, 6) is -1.66. The number of rotatable bonds is 20. The van der Waals surface area contributed by atoms with Gasteiger partial charge in [-0.3, -0.25) is 19.2 Å². The van der Waals surface area contributed by atoms with Gasteiger partial charge in [0, 0.05) is 45.9 Å². The van der Waals surface area contributed by atoms with Crippen LogP contribution in [-0.4, -0.2) is 23.1 Å². The van der Waals surface area contributed by atoms with Crippen molar-refractivity contribution < 1.29 is 19.2 Å². The number of ketones is 4. The van der Waals surface area contributed by atoms with E-state index in [9.17, 15) is 0 Å². The van der Waals surface area contributed by atoms with Crippen molar-refractivity contribution in [2.75, 3.05) is 0 Å². The number of hydrogen-bond acceptors (Lipinski definition) is 4. The highest BCUT2D eigenvalue weighted by Crippen LogP contribution is 2.58. The largest absolute Gasteiger partial charge is 0.294 e. The number of carbonyl (C=O) groups excluding carboxylic acids is 4. The van der Waals surface area contributed by atoms with Crippen LogP contribution < -0.4 is 0 Å². The first-order valence-electron chi connectivity index (χ1n) is 25.0.